The number of hydrogen-bond donors (Lipinski definition) is 1. The summed E-state index contributed by atoms with van der Waals surface area (Å²) in [6.07, 6.45) is 2.39. The standard InChI is InChI=1S/C14H21FN2/c1-10-4-3-7-17(9-10)14-6-5-12(11(2)16)8-13(14)15/h5-6,8,10-11H,3-4,7,9,16H2,1-2H3/t10?,11-/m1/s1. The molecule has 2 N–H and O–H groups in total. The quantitative estimate of drug-likeness (QED) is 0.855. The van der Waals surface area contributed by atoms with Crippen LogP contribution in [0.1, 0.15) is 38.3 Å². The second-order valence-corrected chi connectivity index (χ2v) is 5.19. The van der Waals surface area contributed by atoms with Crippen molar-refractivity contribution >= 4 is 5.69 Å². The molecule has 94 valence electrons. The molecular formula is C14H21FN2. The number of halogens is 1. The molecule has 2 rings (SSSR count). The first kappa shape index (κ1) is 12.4. The third-order valence-corrected chi connectivity index (χ3v) is 3.50. The minimum atomic E-state index is -0.145. The van der Waals surface area contributed by atoms with Crippen LogP contribution in [0.15, 0.2) is 18.2 Å². The fourth-order valence-electron chi connectivity index (χ4n) is 2.47. The summed E-state index contributed by atoms with van der Waals surface area (Å²) in [5.41, 5.74) is 7.33. The first-order valence-corrected chi connectivity index (χ1v) is 6.38. The Morgan fingerprint density at radius 2 is 2.24 bits per heavy atom. The molecule has 17 heavy (non-hydrogen) atoms. The lowest BCUT2D eigenvalue weighted by molar-refractivity contribution is 0.442. The van der Waals surface area contributed by atoms with Crippen LogP contribution >= 0.6 is 0 Å². The maximum absolute atomic E-state index is 14.0. The number of benzene rings is 1. The van der Waals surface area contributed by atoms with Crippen molar-refractivity contribution in [1.29, 1.82) is 0 Å². The Morgan fingerprint density at radius 3 is 2.82 bits per heavy atom. The molecule has 2 nitrogen and oxygen atoms in total. The van der Waals surface area contributed by atoms with Gasteiger partial charge in [0.15, 0.2) is 0 Å². The molecule has 1 aromatic carbocycles. The molecule has 0 bridgehead atoms. The molecule has 0 radical (unpaired) electrons. The van der Waals surface area contributed by atoms with Gasteiger partial charge in [-0.15, -0.1) is 0 Å². The molecule has 1 fully saturated rings. The molecule has 0 aromatic heterocycles. The van der Waals surface area contributed by atoms with Crippen LogP contribution in [0, 0.1) is 11.7 Å². The highest BCUT2D eigenvalue weighted by Crippen LogP contribution is 2.27. The number of hydrogen-bond acceptors (Lipinski definition) is 2. The van der Waals surface area contributed by atoms with Crippen LogP contribution in [0.25, 0.3) is 0 Å². The second-order valence-electron chi connectivity index (χ2n) is 5.19. The van der Waals surface area contributed by atoms with Crippen LogP contribution < -0.4 is 10.6 Å². The van der Waals surface area contributed by atoms with E-state index in [2.05, 4.69) is 11.8 Å². The summed E-state index contributed by atoms with van der Waals surface area (Å²) in [5.74, 6) is 0.505. The van der Waals surface area contributed by atoms with E-state index in [4.69, 9.17) is 5.73 Å². The van der Waals surface area contributed by atoms with Crippen LogP contribution in [0.4, 0.5) is 10.1 Å². The van der Waals surface area contributed by atoms with Gasteiger partial charge < -0.3 is 10.6 Å². The summed E-state index contributed by atoms with van der Waals surface area (Å²) < 4.78 is 14.0. The zero-order chi connectivity index (χ0) is 12.4. The summed E-state index contributed by atoms with van der Waals surface area (Å²) in [6.45, 7) is 6.00. The molecule has 1 unspecified atom stereocenters. The van der Waals surface area contributed by atoms with Gasteiger partial charge in [0.1, 0.15) is 5.82 Å². The topological polar surface area (TPSA) is 29.3 Å². The highest BCUT2D eigenvalue weighted by molar-refractivity contribution is 5.50. The fraction of sp³-hybridized carbons (Fsp3) is 0.571. The Hall–Kier alpha value is -1.09. The molecule has 1 aliphatic heterocycles. The van der Waals surface area contributed by atoms with Gasteiger partial charge >= 0.3 is 0 Å². The first-order valence-electron chi connectivity index (χ1n) is 6.38. The van der Waals surface area contributed by atoms with Crippen molar-refractivity contribution in [2.24, 2.45) is 11.7 Å². The Morgan fingerprint density at radius 1 is 1.47 bits per heavy atom. The van der Waals surface area contributed by atoms with E-state index in [0.717, 1.165) is 30.8 Å². The van der Waals surface area contributed by atoms with Gasteiger partial charge in [0.05, 0.1) is 5.69 Å². The van der Waals surface area contributed by atoms with Crippen molar-refractivity contribution in [3.63, 3.8) is 0 Å². The lowest BCUT2D eigenvalue weighted by Gasteiger charge is -2.33. The minimum absolute atomic E-state index is 0.112. The first-order chi connectivity index (χ1) is 8.08. The molecule has 1 heterocycles. The van der Waals surface area contributed by atoms with Gasteiger partial charge in [-0.05, 0) is 43.4 Å². The molecule has 1 aromatic rings. The summed E-state index contributed by atoms with van der Waals surface area (Å²) in [7, 11) is 0. The van der Waals surface area contributed by atoms with Crippen molar-refractivity contribution in [2.75, 3.05) is 18.0 Å². The van der Waals surface area contributed by atoms with Gasteiger partial charge in [-0.3, -0.25) is 0 Å². The van der Waals surface area contributed by atoms with Crippen LogP contribution in [-0.4, -0.2) is 13.1 Å². The van der Waals surface area contributed by atoms with Gasteiger partial charge in [-0.25, -0.2) is 4.39 Å². The molecule has 2 atom stereocenters. The lowest BCUT2D eigenvalue weighted by atomic mass is 9.99. The van der Waals surface area contributed by atoms with E-state index in [9.17, 15) is 4.39 Å². The van der Waals surface area contributed by atoms with Gasteiger partial charge in [0.2, 0.25) is 0 Å². The Balaban J connectivity index is 2.21. The van der Waals surface area contributed by atoms with Gasteiger partial charge in [0, 0.05) is 19.1 Å². The molecule has 1 saturated heterocycles. The van der Waals surface area contributed by atoms with E-state index in [1.807, 2.05) is 19.1 Å². The normalized spacial score (nSPS) is 22.6. The van der Waals surface area contributed by atoms with Crippen molar-refractivity contribution in [1.82, 2.24) is 0 Å². The lowest BCUT2D eigenvalue weighted by Crippen LogP contribution is -2.34. The predicted octanol–water partition coefficient (Wildman–Crippen LogP) is 3.08. The fourth-order valence-corrected chi connectivity index (χ4v) is 2.47. The highest BCUT2D eigenvalue weighted by Gasteiger charge is 2.19. The van der Waals surface area contributed by atoms with Gasteiger partial charge in [0.25, 0.3) is 0 Å². The molecule has 3 heteroatoms. The smallest absolute Gasteiger partial charge is 0.146 e. The number of nitrogens with zero attached hydrogens (tertiary/aromatic N) is 1. The number of anilines is 1. The van der Waals surface area contributed by atoms with Crippen LogP contribution in [0.5, 0.6) is 0 Å². The molecule has 0 spiro atoms. The Kier molecular flexibility index (Phi) is 3.67. The average Bonchev–Trinajstić information content (AvgIpc) is 2.28. The van der Waals surface area contributed by atoms with E-state index < -0.39 is 0 Å². The summed E-state index contributed by atoms with van der Waals surface area (Å²) >= 11 is 0. The SMILES string of the molecule is CC1CCCN(c2ccc([C@@H](C)N)cc2F)C1. The third-order valence-electron chi connectivity index (χ3n) is 3.50. The maximum atomic E-state index is 14.0. The third kappa shape index (κ3) is 2.78. The number of rotatable bonds is 2. The van der Waals surface area contributed by atoms with E-state index in [1.165, 1.54) is 6.42 Å². The average molecular weight is 236 g/mol. The molecule has 0 aliphatic carbocycles. The van der Waals surface area contributed by atoms with Crippen molar-refractivity contribution < 1.29 is 4.39 Å². The van der Waals surface area contributed by atoms with Crippen LogP contribution in [0.3, 0.4) is 0 Å². The zero-order valence-corrected chi connectivity index (χ0v) is 10.6. The van der Waals surface area contributed by atoms with E-state index in [0.29, 0.717) is 5.92 Å². The number of nitrogens with two attached hydrogens (primary N) is 1. The van der Waals surface area contributed by atoms with E-state index in [-0.39, 0.29) is 11.9 Å². The largest absolute Gasteiger partial charge is 0.369 e. The predicted molar refractivity (Wildman–Crippen MR) is 69.6 cm³/mol. The zero-order valence-electron chi connectivity index (χ0n) is 10.6. The van der Waals surface area contributed by atoms with Crippen molar-refractivity contribution in [3.8, 4) is 0 Å². The Labute approximate surface area is 103 Å². The van der Waals surface area contributed by atoms with Crippen LogP contribution in [-0.2, 0) is 0 Å². The molecular weight excluding hydrogens is 215 g/mol. The van der Waals surface area contributed by atoms with E-state index in [1.54, 1.807) is 6.07 Å². The Bertz CT molecular complexity index is 390. The van der Waals surface area contributed by atoms with Gasteiger partial charge in [-0.2, -0.15) is 0 Å². The second kappa shape index (κ2) is 5.05. The van der Waals surface area contributed by atoms with Gasteiger partial charge in [-0.1, -0.05) is 13.0 Å². The van der Waals surface area contributed by atoms with Crippen LogP contribution in [0.2, 0.25) is 0 Å². The summed E-state index contributed by atoms with van der Waals surface area (Å²) in [4.78, 5) is 2.15. The minimum Gasteiger partial charge on any atom is -0.369 e. The van der Waals surface area contributed by atoms with E-state index >= 15 is 0 Å². The molecule has 0 saturated carbocycles. The van der Waals surface area contributed by atoms with Crippen molar-refractivity contribution in [3.05, 3.63) is 29.6 Å². The highest BCUT2D eigenvalue weighted by atomic mass is 19.1. The molecule has 1 aliphatic rings. The maximum Gasteiger partial charge on any atom is 0.146 e. The monoisotopic (exact) mass is 236 g/mol. The summed E-state index contributed by atoms with van der Waals surface area (Å²) in [5, 5.41) is 0. The van der Waals surface area contributed by atoms with Crippen molar-refractivity contribution in [2.45, 2.75) is 32.7 Å². The summed E-state index contributed by atoms with van der Waals surface area (Å²) in [6, 6.07) is 5.26. The number of piperidine rings is 1. The molecule has 0 amide bonds.